The van der Waals surface area contributed by atoms with Crippen LogP contribution in [0, 0.1) is 0 Å². The highest BCUT2D eigenvalue weighted by atomic mass is 32.2. The van der Waals surface area contributed by atoms with Gasteiger partial charge in [-0.05, 0) is 17.7 Å². The van der Waals surface area contributed by atoms with Gasteiger partial charge in [-0.15, -0.1) is 0 Å². The fraction of sp³-hybridized carbons (Fsp3) is 0.571. The Labute approximate surface area is 124 Å². The van der Waals surface area contributed by atoms with Crippen molar-refractivity contribution < 1.29 is 22.6 Å². The van der Waals surface area contributed by atoms with E-state index in [9.17, 15) is 8.42 Å². The molecular weight excluding hydrogens is 294 g/mol. The molecular formula is C14H19NO5S. The summed E-state index contributed by atoms with van der Waals surface area (Å²) in [4.78, 5) is 0. The summed E-state index contributed by atoms with van der Waals surface area (Å²) < 4.78 is 40.3. The monoisotopic (exact) mass is 313 g/mol. The zero-order valence-electron chi connectivity index (χ0n) is 12.0. The summed E-state index contributed by atoms with van der Waals surface area (Å²) in [5.41, 5.74) is 6.28. The van der Waals surface area contributed by atoms with Crippen molar-refractivity contribution in [3.8, 4) is 11.5 Å². The SMILES string of the molecule is CCS(=O)(=O)[C@@H]1[C@@H](c2ccc3c(c2)OCO3)[C@]1(N)COC. The van der Waals surface area contributed by atoms with Crippen LogP contribution in [0.25, 0.3) is 0 Å². The molecule has 0 unspecified atom stereocenters. The highest BCUT2D eigenvalue weighted by molar-refractivity contribution is 7.92. The summed E-state index contributed by atoms with van der Waals surface area (Å²) in [6, 6.07) is 5.45. The second-order valence-corrected chi connectivity index (χ2v) is 7.92. The molecule has 1 heterocycles. The average Bonchev–Trinajstić information content (AvgIpc) is 2.84. The smallest absolute Gasteiger partial charge is 0.231 e. The molecule has 0 aromatic heterocycles. The summed E-state index contributed by atoms with van der Waals surface area (Å²) in [5.74, 6) is 1.09. The average molecular weight is 313 g/mol. The second-order valence-electron chi connectivity index (χ2n) is 5.51. The van der Waals surface area contributed by atoms with Gasteiger partial charge in [0.05, 0.1) is 17.4 Å². The first-order chi connectivity index (χ1) is 9.94. The molecule has 1 aliphatic carbocycles. The zero-order chi connectivity index (χ0) is 15.3. The molecule has 1 aromatic rings. The van der Waals surface area contributed by atoms with Crippen LogP contribution in [0.15, 0.2) is 18.2 Å². The van der Waals surface area contributed by atoms with E-state index in [4.69, 9.17) is 19.9 Å². The van der Waals surface area contributed by atoms with Gasteiger partial charge in [0.2, 0.25) is 6.79 Å². The predicted octanol–water partition coefficient (Wildman–Crippen LogP) is 0.660. The van der Waals surface area contributed by atoms with Gasteiger partial charge in [-0.3, -0.25) is 0 Å². The fourth-order valence-electron chi connectivity index (χ4n) is 3.16. The van der Waals surface area contributed by atoms with Crippen molar-refractivity contribution in [1.29, 1.82) is 0 Å². The molecule has 3 atom stereocenters. The zero-order valence-corrected chi connectivity index (χ0v) is 12.9. The third-order valence-corrected chi connectivity index (χ3v) is 6.53. The summed E-state index contributed by atoms with van der Waals surface area (Å²) >= 11 is 0. The number of hydrogen-bond acceptors (Lipinski definition) is 6. The van der Waals surface area contributed by atoms with E-state index in [1.165, 1.54) is 7.11 Å². The molecule has 0 radical (unpaired) electrons. The third-order valence-electron chi connectivity index (χ3n) is 4.24. The van der Waals surface area contributed by atoms with E-state index in [1.807, 2.05) is 12.1 Å². The summed E-state index contributed by atoms with van der Waals surface area (Å²) in [7, 11) is -1.72. The van der Waals surface area contributed by atoms with Crippen LogP contribution in [0.4, 0.5) is 0 Å². The number of sulfone groups is 1. The Morgan fingerprint density at radius 3 is 2.76 bits per heavy atom. The Balaban J connectivity index is 1.97. The van der Waals surface area contributed by atoms with Crippen molar-refractivity contribution in [2.75, 3.05) is 26.3 Å². The molecule has 7 heteroatoms. The molecule has 1 saturated carbocycles. The van der Waals surface area contributed by atoms with E-state index in [0.717, 1.165) is 5.56 Å². The molecule has 1 aromatic carbocycles. The van der Waals surface area contributed by atoms with Gasteiger partial charge in [0, 0.05) is 18.8 Å². The first kappa shape index (κ1) is 14.6. The number of rotatable bonds is 5. The van der Waals surface area contributed by atoms with E-state index in [1.54, 1.807) is 13.0 Å². The van der Waals surface area contributed by atoms with Crippen molar-refractivity contribution in [3.63, 3.8) is 0 Å². The van der Waals surface area contributed by atoms with Crippen LogP contribution in [0.2, 0.25) is 0 Å². The number of nitrogens with two attached hydrogens (primary N) is 1. The molecule has 2 aliphatic rings. The Hall–Kier alpha value is -1.31. The van der Waals surface area contributed by atoms with E-state index in [-0.39, 0.29) is 25.1 Å². The van der Waals surface area contributed by atoms with Gasteiger partial charge >= 0.3 is 0 Å². The third kappa shape index (κ3) is 2.20. The standard InChI is InChI=1S/C14H19NO5S/c1-3-21(16,17)13-12(14(13,15)7-18-2)9-4-5-10-11(6-9)20-8-19-10/h4-6,12-13H,3,7-8,15H2,1-2H3/t12-,13-,14-/m1/s1. The van der Waals surface area contributed by atoms with Gasteiger partial charge in [-0.25, -0.2) is 8.42 Å². The Bertz CT molecular complexity index is 659. The molecule has 0 spiro atoms. The minimum Gasteiger partial charge on any atom is -0.454 e. The number of ether oxygens (including phenoxy) is 3. The first-order valence-corrected chi connectivity index (χ1v) is 8.54. The summed E-state index contributed by atoms with van der Waals surface area (Å²) in [6.07, 6.45) is 0. The van der Waals surface area contributed by atoms with Crippen LogP contribution >= 0.6 is 0 Å². The maximum absolute atomic E-state index is 12.3. The molecule has 0 bridgehead atoms. The topological polar surface area (TPSA) is 87.9 Å². The lowest BCUT2D eigenvalue weighted by molar-refractivity contribution is 0.171. The molecule has 0 amide bonds. The Morgan fingerprint density at radius 1 is 1.38 bits per heavy atom. The van der Waals surface area contributed by atoms with E-state index in [0.29, 0.717) is 11.5 Å². The van der Waals surface area contributed by atoms with Gasteiger partial charge in [0.15, 0.2) is 21.3 Å². The number of hydrogen-bond donors (Lipinski definition) is 1. The lowest BCUT2D eigenvalue weighted by atomic mass is 10.1. The van der Waals surface area contributed by atoms with Crippen LogP contribution in [0.1, 0.15) is 18.4 Å². The molecule has 2 N–H and O–H groups in total. The van der Waals surface area contributed by atoms with E-state index >= 15 is 0 Å². The maximum Gasteiger partial charge on any atom is 0.231 e. The molecule has 0 saturated heterocycles. The minimum atomic E-state index is -3.24. The van der Waals surface area contributed by atoms with Crippen LogP contribution in [0.5, 0.6) is 11.5 Å². The van der Waals surface area contributed by atoms with E-state index in [2.05, 4.69) is 0 Å². The highest BCUT2D eigenvalue weighted by Gasteiger charge is 2.68. The molecule has 1 fully saturated rings. The number of fused-ring (bicyclic) bond motifs is 1. The van der Waals surface area contributed by atoms with Crippen LogP contribution < -0.4 is 15.2 Å². The van der Waals surface area contributed by atoms with Crippen molar-refractivity contribution in [1.82, 2.24) is 0 Å². The van der Waals surface area contributed by atoms with Crippen molar-refractivity contribution in [2.24, 2.45) is 5.73 Å². The van der Waals surface area contributed by atoms with Crippen molar-refractivity contribution in [3.05, 3.63) is 23.8 Å². The molecule has 116 valence electrons. The summed E-state index contributed by atoms with van der Waals surface area (Å²) in [6.45, 7) is 2.03. The van der Waals surface area contributed by atoms with E-state index < -0.39 is 20.6 Å². The normalized spacial score (nSPS) is 30.4. The first-order valence-electron chi connectivity index (χ1n) is 6.83. The molecule has 21 heavy (non-hydrogen) atoms. The van der Waals surface area contributed by atoms with Gasteiger partial charge in [0.25, 0.3) is 0 Å². The lowest BCUT2D eigenvalue weighted by Crippen LogP contribution is -2.36. The van der Waals surface area contributed by atoms with Crippen molar-refractivity contribution in [2.45, 2.75) is 23.6 Å². The fourth-order valence-corrected chi connectivity index (χ4v) is 5.15. The second kappa shape index (κ2) is 4.86. The number of methoxy groups -OCH3 is 1. The van der Waals surface area contributed by atoms with Gasteiger partial charge < -0.3 is 19.9 Å². The lowest BCUT2D eigenvalue weighted by Gasteiger charge is -2.10. The highest BCUT2D eigenvalue weighted by Crippen LogP contribution is 2.55. The number of benzene rings is 1. The minimum absolute atomic E-state index is 0.0708. The maximum atomic E-state index is 12.3. The van der Waals surface area contributed by atoms with Gasteiger partial charge in [-0.2, -0.15) is 0 Å². The summed E-state index contributed by atoms with van der Waals surface area (Å²) in [5, 5.41) is -0.615. The molecule has 6 nitrogen and oxygen atoms in total. The molecule has 3 rings (SSSR count). The quantitative estimate of drug-likeness (QED) is 0.859. The Kier molecular flexibility index (Phi) is 3.38. The van der Waals surface area contributed by atoms with Gasteiger partial charge in [0.1, 0.15) is 0 Å². The van der Waals surface area contributed by atoms with Crippen molar-refractivity contribution >= 4 is 9.84 Å². The van der Waals surface area contributed by atoms with Crippen LogP contribution in [-0.4, -0.2) is 45.5 Å². The van der Waals surface area contributed by atoms with Gasteiger partial charge in [-0.1, -0.05) is 13.0 Å². The van der Waals surface area contributed by atoms with Crippen LogP contribution in [0.3, 0.4) is 0 Å². The molecule has 1 aliphatic heterocycles. The van der Waals surface area contributed by atoms with Crippen LogP contribution in [-0.2, 0) is 14.6 Å². The Morgan fingerprint density at radius 2 is 2.10 bits per heavy atom. The predicted molar refractivity (Wildman–Crippen MR) is 77.3 cm³/mol. The largest absolute Gasteiger partial charge is 0.454 e.